The zero-order chi connectivity index (χ0) is 18.5. The predicted molar refractivity (Wildman–Crippen MR) is 100 cm³/mol. The number of aryl methyl sites for hydroxylation is 3. The second-order valence-electron chi connectivity index (χ2n) is 6.72. The van der Waals surface area contributed by atoms with Gasteiger partial charge in [0.1, 0.15) is 16.6 Å². The summed E-state index contributed by atoms with van der Waals surface area (Å²) in [6.45, 7) is 7.71. The fraction of sp³-hybridized carbons (Fsp3) is 0.333. The molecule has 4 rings (SSSR count). The normalized spacial score (nSPS) is 14.2. The van der Waals surface area contributed by atoms with Gasteiger partial charge in [-0.2, -0.15) is 0 Å². The molecule has 1 unspecified atom stereocenters. The van der Waals surface area contributed by atoms with Crippen molar-refractivity contribution in [3.8, 4) is 0 Å². The van der Waals surface area contributed by atoms with E-state index in [4.69, 9.17) is 8.83 Å². The van der Waals surface area contributed by atoms with Crippen molar-refractivity contribution in [3.63, 3.8) is 0 Å². The zero-order valence-corrected chi connectivity index (χ0v) is 15.5. The summed E-state index contributed by atoms with van der Waals surface area (Å²) >= 11 is 0. The molecule has 0 amide bonds. The Morgan fingerprint density at radius 2 is 1.50 bits per heavy atom. The first-order valence-corrected chi connectivity index (χ1v) is 8.97. The van der Waals surface area contributed by atoms with Crippen LogP contribution >= 0.6 is 0 Å². The minimum absolute atomic E-state index is 0.580. The summed E-state index contributed by atoms with van der Waals surface area (Å²) < 4.78 is 12.0. The van der Waals surface area contributed by atoms with Crippen molar-refractivity contribution in [2.75, 3.05) is 0 Å². The van der Waals surface area contributed by atoms with E-state index in [2.05, 4.69) is 9.97 Å². The molecule has 26 heavy (non-hydrogen) atoms. The maximum atomic E-state index is 11.5. The highest BCUT2D eigenvalue weighted by Gasteiger charge is 2.35. The molecule has 5 heteroatoms. The average molecular weight is 350 g/mol. The molecule has 0 radical (unpaired) electrons. The molecular formula is C21H22N2O3. The number of hydrogen-bond donors (Lipinski definition) is 1. The van der Waals surface area contributed by atoms with E-state index in [9.17, 15) is 5.11 Å². The van der Waals surface area contributed by atoms with Crippen molar-refractivity contribution < 1.29 is 13.9 Å². The fourth-order valence-corrected chi connectivity index (χ4v) is 3.45. The van der Waals surface area contributed by atoms with Crippen LogP contribution < -0.4 is 0 Å². The third-order valence-electron chi connectivity index (χ3n) is 4.93. The molecule has 2 aromatic heterocycles. The summed E-state index contributed by atoms with van der Waals surface area (Å²) in [5, 5.41) is 11.5. The molecular weight excluding hydrogens is 328 g/mol. The summed E-state index contributed by atoms with van der Waals surface area (Å²) in [4.78, 5) is 9.27. The molecule has 1 atom stereocenters. The van der Waals surface area contributed by atoms with Crippen LogP contribution in [-0.4, -0.2) is 15.1 Å². The molecule has 0 aliphatic carbocycles. The van der Waals surface area contributed by atoms with Gasteiger partial charge in [-0.1, -0.05) is 44.2 Å². The first kappa shape index (κ1) is 16.8. The highest BCUT2D eigenvalue weighted by molar-refractivity contribution is 5.98. The molecule has 134 valence electrons. The van der Waals surface area contributed by atoms with Gasteiger partial charge in [-0.25, -0.2) is 9.97 Å². The van der Waals surface area contributed by atoms with E-state index >= 15 is 0 Å². The molecule has 1 N–H and O–H groups in total. The minimum atomic E-state index is -1.29. The van der Waals surface area contributed by atoms with Crippen LogP contribution in [0.2, 0.25) is 0 Å². The number of rotatable bonds is 4. The SMILES string of the molecule is CCc1nc2c(C(C)(O)c3ccccc3)c3oc(CC)nc3c(C)c2o1. The van der Waals surface area contributed by atoms with Crippen molar-refractivity contribution in [2.24, 2.45) is 0 Å². The predicted octanol–water partition coefficient (Wildman–Crippen LogP) is 4.66. The zero-order valence-electron chi connectivity index (χ0n) is 15.5. The maximum absolute atomic E-state index is 11.5. The maximum Gasteiger partial charge on any atom is 0.195 e. The van der Waals surface area contributed by atoms with Gasteiger partial charge < -0.3 is 13.9 Å². The van der Waals surface area contributed by atoms with E-state index < -0.39 is 5.60 Å². The summed E-state index contributed by atoms with van der Waals surface area (Å²) in [6.07, 6.45) is 1.35. The Bertz CT molecular complexity index is 1030. The van der Waals surface area contributed by atoms with Crippen LogP contribution in [0.1, 0.15) is 49.2 Å². The highest BCUT2D eigenvalue weighted by atomic mass is 16.4. The standard InChI is InChI=1S/C21H22N2O3/c1-5-14-22-17-12(3)19-18(23-15(6-2)25-19)16(20(17)26-14)21(4,24)13-10-8-7-9-11-13/h7-11,24H,5-6H2,1-4H3. The van der Waals surface area contributed by atoms with Crippen LogP contribution in [0, 0.1) is 6.92 Å². The molecule has 5 nitrogen and oxygen atoms in total. The van der Waals surface area contributed by atoms with Gasteiger partial charge in [0.15, 0.2) is 22.9 Å². The van der Waals surface area contributed by atoms with Gasteiger partial charge >= 0.3 is 0 Å². The lowest BCUT2D eigenvalue weighted by molar-refractivity contribution is 0.104. The molecule has 0 aliphatic heterocycles. The van der Waals surface area contributed by atoms with Crippen LogP contribution in [0.4, 0.5) is 0 Å². The summed E-state index contributed by atoms with van der Waals surface area (Å²) in [7, 11) is 0. The second kappa shape index (κ2) is 5.95. The van der Waals surface area contributed by atoms with Crippen molar-refractivity contribution >= 4 is 22.2 Å². The molecule has 0 saturated heterocycles. The molecule has 0 bridgehead atoms. The molecule has 0 saturated carbocycles. The summed E-state index contributed by atoms with van der Waals surface area (Å²) in [6, 6.07) is 9.54. The summed E-state index contributed by atoms with van der Waals surface area (Å²) in [5.41, 5.74) is 3.57. The van der Waals surface area contributed by atoms with Crippen molar-refractivity contribution in [1.82, 2.24) is 9.97 Å². The minimum Gasteiger partial charge on any atom is -0.440 e. The van der Waals surface area contributed by atoms with Gasteiger partial charge in [0, 0.05) is 18.4 Å². The molecule has 0 aliphatic rings. The van der Waals surface area contributed by atoms with E-state index in [1.165, 1.54) is 0 Å². The average Bonchev–Trinajstić information content (AvgIpc) is 3.27. The number of benzene rings is 2. The Labute approximate surface area is 151 Å². The largest absolute Gasteiger partial charge is 0.440 e. The molecule has 4 aromatic rings. The number of fused-ring (bicyclic) bond motifs is 2. The van der Waals surface area contributed by atoms with Crippen molar-refractivity contribution in [2.45, 2.75) is 46.1 Å². The highest BCUT2D eigenvalue weighted by Crippen LogP contribution is 2.41. The Kier molecular flexibility index (Phi) is 3.84. The van der Waals surface area contributed by atoms with E-state index in [-0.39, 0.29) is 0 Å². The molecule has 0 spiro atoms. The van der Waals surface area contributed by atoms with Crippen molar-refractivity contribution in [1.29, 1.82) is 0 Å². The number of hydrogen-bond acceptors (Lipinski definition) is 5. The van der Waals surface area contributed by atoms with Crippen LogP contribution in [0.5, 0.6) is 0 Å². The monoisotopic (exact) mass is 350 g/mol. The Morgan fingerprint density at radius 1 is 0.923 bits per heavy atom. The van der Waals surface area contributed by atoms with E-state index in [1.54, 1.807) is 6.92 Å². The van der Waals surface area contributed by atoms with Gasteiger partial charge in [0.2, 0.25) is 0 Å². The Hall–Kier alpha value is -2.66. The quantitative estimate of drug-likeness (QED) is 0.579. The summed E-state index contributed by atoms with van der Waals surface area (Å²) in [5.74, 6) is 1.27. The van der Waals surface area contributed by atoms with Gasteiger partial charge in [0.05, 0.1) is 5.56 Å². The first-order valence-electron chi connectivity index (χ1n) is 8.97. The van der Waals surface area contributed by atoms with Gasteiger partial charge in [-0.15, -0.1) is 0 Å². The number of oxazole rings is 2. The lowest BCUT2D eigenvalue weighted by Crippen LogP contribution is -2.23. The van der Waals surface area contributed by atoms with Gasteiger partial charge in [0.25, 0.3) is 0 Å². The van der Waals surface area contributed by atoms with E-state index in [0.29, 0.717) is 46.9 Å². The van der Waals surface area contributed by atoms with Gasteiger partial charge in [-0.3, -0.25) is 0 Å². The Balaban J connectivity index is 2.15. The molecule has 2 aromatic carbocycles. The first-order chi connectivity index (χ1) is 12.5. The lowest BCUT2D eigenvalue weighted by atomic mass is 9.86. The van der Waals surface area contributed by atoms with E-state index in [0.717, 1.165) is 16.6 Å². The lowest BCUT2D eigenvalue weighted by Gasteiger charge is -2.24. The van der Waals surface area contributed by atoms with E-state index in [1.807, 2.05) is 51.1 Å². The van der Waals surface area contributed by atoms with Crippen LogP contribution in [0.3, 0.4) is 0 Å². The molecule has 2 heterocycles. The smallest absolute Gasteiger partial charge is 0.195 e. The third-order valence-corrected chi connectivity index (χ3v) is 4.93. The Morgan fingerprint density at radius 3 is 2.12 bits per heavy atom. The topological polar surface area (TPSA) is 72.3 Å². The van der Waals surface area contributed by atoms with Crippen molar-refractivity contribution in [3.05, 3.63) is 58.8 Å². The molecule has 0 fully saturated rings. The van der Waals surface area contributed by atoms with Gasteiger partial charge in [-0.05, 0) is 19.4 Å². The number of aromatic nitrogens is 2. The fourth-order valence-electron chi connectivity index (χ4n) is 3.45. The third kappa shape index (κ3) is 2.35. The van der Waals surface area contributed by atoms with Crippen LogP contribution in [0.25, 0.3) is 22.2 Å². The second-order valence-corrected chi connectivity index (χ2v) is 6.72. The van der Waals surface area contributed by atoms with Crippen LogP contribution in [0.15, 0.2) is 39.2 Å². The number of aliphatic hydroxyl groups is 1. The number of nitrogens with zero attached hydrogens (tertiary/aromatic N) is 2. The van der Waals surface area contributed by atoms with Crippen LogP contribution in [-0.2, 0) is 18.4 Å².